The second-order valence-electron chi connectivity index (χ2n) is 6.52. The van der Waals surface area contributed by atoms with Crippen molar-refractivity contribution in [1.29, 1.82) is 0 Å². The van der Waals surface area contributed by atoms with Crippen LogP contribution in [0.1, 0.15) is 12.0 Å². The van der Waals surface area contributed by atoms with E-state index < -0.39 is 0 Å². The van der Waals surface area contributed by atoms with Crippen molar-refractivity contribution in [3.05, 3.63) is 34.3 Å². The van der Waals surface area contributed by atoms with Crippen molar-refractivity contribution in [2.45, 2.75) is 13.0 Å². The summed E-state index contributed by atoms with van der Waals surface area (Å²) < 4.78 is 6.51. The Bertz CT molecular complexity index is 583. The summed E-state index contributed by atoms with van der Waals surface area (Å²) in [4.78, 5) is 20.3. The molecule has 6 nitrogen and oxygen atoms in total. The highest BCUT2D eigenvalue weighted by atomic mass is 79.9. The molecule has 0 aromatic heterocycles. The number of nitrogens with zero attached hydrogens (tertiary/aromatic N) is 3. The highest BCUT2D eigenvalue weighted by Crippen LogP contribution is 2.14. The van der Waals surface area contributed by atoms with Crippen LogP contribution in [-0.2, 0) is 16.1 Å². The Morgan fingerprint density at radius 1 is 1.32 bits per heavy atom. The lowest BCUT2D eigenvalue weighted by atomic mass is 10.1. The monoisotopic (exact) mass is 410 g/mol. The minimum absolute atomic E-state index is 0.0222. The Morgan fingerprint density at radius 2 is 2.04 bits per heavy atom. The van der Waals surface area contributed by atoms with E-state index in [9.17, 15) is 4.79 Å². The first-order valence-corrected chi connectivity index (χ1v) is 9.27. The first-order valence-electron chi connectivity index (χ1n) is 8.47. The second-order valence-corrected chi connectivity index (χ2v) is 7.43. The molecule has 1 N–H and O–H groups in total. The zero-order valence-electron chi connectivity index (χ0n) is 15.2. The largest absolute Gasteiger partial charge is 0.381 e. The molecule has 0 radical (unpaired) electrons. The van der Waals surface area contributed by atoms with Crippen LogP contribution in [0.25, 0.3) is 0 Å². The number of likely N-dealkylation sites (N-methyl/N-ethyl adjacent to an activating group) is 1. The van der Waals surface area contributed by atoms with E-state index in [1.54, 1.807) is 19.0 Å². The van der Waals surface area contributed by atoms with Crippen LogP contribution in [0.5, 0.6) is 0 Å². The van der Waals surface area contributed by atoms with Gasteiger partial charge in [-0.15, -0.1) is 0 Å². The van der Waals surface area contributed by atoms with Gasteiger partial charge in [0.05, 0.1) is 19.7 Å². The van der Waals surface area contributed by atoms with Crippen LogP contribution in [0.15, 0.2) is 33.7 Å². The minimum atomic E-state index is 0.0222. The van der Waals surface area contributed by atoms with Gasteiger partial charge in [0.2, 0.25) is 5.91 Å². The number of benzene rings is 1. The van der Waals surface area contributed by atoms with Gasteiger partial charge in [0.25, 0.3) is 0 Å². The first kappa shape index (κ1) is 19.7. The summed E-state index contributed by atoms with van der Waals surface area (Å²) in [5.41, 5.74) is 1.12. The molecule has 2 rings (SSSR count). The van der Waals surface area contributed by atoms with E-state index in [-0.39, 0.29) is 12.5 Å². The number of hydrogen-bond donors (Lipinski definition) is 1. The highest BCUT2D eigenvalue weighted by molar-refractivity contribution is 9.10. The van der Waals surface area contributed by atoms with E-state index >= 15 is 0 Å². The zero-order chi connectivity index (χ0) is 18.2. The van der Waals surface area contributed by atoms with Gasteiger partial charge in [-0.1, -0.05) is 28.1 Å². The number of aliphatic imine (C=N–C) groups is 1. The average molecular weight is 411 g/mol. The maximum Gasteiger partial charge on any atom is 0.241 e. The minimum Gasteiger partial charge on any atom is -0.381 e. The standard InChI is InChI=1S/C18H27BrN4O2/c1-22(2)17(24)11-21-18(23(3)12-15-8-9-25-13-15)20-10-14-4-6-16(19)7-5-14/h4-7,15H,8-13H2,1-3H3,(H,20,21). The molecule has 1 aliphatic rings. The fraction of sp³-hybridized carbons (Fsp3) is 0.556. The summed E-state index contributed by atoms with van der Waals surface area (Å²) >= 11 is 3.44. The summed E-state index contributed by atoms with van der Waals surface area (Å²) in [5.74, 6) is 1.27. The Morgan fingerprint density at radius 3 is 2.64 bits per heavy atom. The number of carbonyl (C=O) groups is 1. The summed E-state index contributed by atoms with van der Waals surface area (Å²) in [6.45, 7) is 3.29. The third kappa shape index (κ3) is 6.66. The lowest BCUT2D eigenvalue weighted by molar-refractivity contribution is -0.127. The van der Waals surface area contributed by atoms with Gasteiger partial charge in [-0.25, -0.2) is 4.99 Å². The molecule has 138 valence electrons. The summed E-state index contributed by atoms with van der Waals surface area (Å²) in [5, 5.41) is 3.19. The fourth-order valence-electron chi connectivity index (χ4n) is 2.58. The van der Waals surface area contributed by atoms with Crippen LogP contribution in [0.2, 0.25) is 0 Å². The van der Waals surface area contributed by atoms with Gasteiger partial charge < -0.3 is 19.9 Å². The number of guanidine groups is 1. The fourth-order valence-corrected chi connectivity index (χ4v) is 2.85. The molecular formula is C18H27BrN4O2. The number of amides is 1. The molecular weight excluding hydrogens is 384 g/mol. The van der Waals surface area contributed by atoms with Gasteiger partial charge >= 0.3 is 0 Å². The van der Waals surface area contributed by atoms with Gasteiger partial charge in [-0.05, 0) is 24.1 Å². The van der Waals surface area contributed by atoms with E-state index in [0.29, 0.717) is 12.5 Å². The summed E-state index contributed by atoms with van der Waals surface area (Å²) in [7, 11) is 5.51. The van der Waals surface area contributed by atoms with Crippen LogP contribution in [0.3, 0.4) is 0 Å². The van der Waals surface area contributed by atoms with Gasteiger partial charge in [0, 0.05) is 44.7 Å². The van der Waals surface area contributed by atoms with E-state index in [1.807, 2.05) is 31.3 Å². The Kier molecular flexibility index (Phi) is 7.71. The Hall–Kier alpha value is -1.60. The molecule has 1 atom stereocenters. The van der Waals surface area contributed by atoms with Crippen molar-refractivity contribution < 1.29 is 9.53 Å². The van der Waals surface area contributed by atoms with Crippen molar-refractivity contribution in [2.24, 2.45) is 10.9 Å². The lowest BCUT2D eigenvalue weighted by Crippen LogP contribution is -2.45. The van der Waals surface area contributed by atoms with Crippen molar-refractivity contribution in [2.75, 3.05) is 47.4 Å². The van der Waals surface area contributed by atoms with E-state index in [2.05, 4.69) is 26.1 Å². The first-order chi connectivity index (χ1) is 12.0. The smallest absolute Gasteiger partial charge is 0.241 e. The number of ether oxygens (including phenoxy) is 1. The van der Waals surface area contributed by atoms with E-state index in [4.69, 9.17) is 9.73 Å². The molecule has 1 fully saturated rings. The number of hydrogen-bond acceptors (Lipinski definition) is 3. The Labute approximate surface area is 158 Å². The van der Waals surface area contributed by atoms with Crippen LogP contribution in [-0.4, -0.2) is 69.1 Å². The van der Waals surface area contributed by atoms with Gasteiger partial charge in [-0.2, -0.15) is 0 Å². The quantitative estimate of drug-likeness (QED) is 0.575. The predicted molar refractivity (Wildman–Crippen MR) is 104 cm³/mol. The molecule has 1 saturated heterocycles. The topological polar surface area (TPSA) is 57.2 Å². The molecule has 1 aromatic carbocycles. The summed E-state index contributed by atoms with van der Waals surface area (Å²) in [6.07, 6.45) is 1.07. The summed E-state index contributed by atoms with van der Waals surface area (Å²) in [6, 6.07) is 8.10. The molecule has 1 heterocycles. The molecule has 25 heavy (non-hydrogen) atoms. The van der Waals surface area contributed by atoms with Crippen molar-refractivity contribution in [3.8, 4) is 0 Å². The molecule has 1 aliphatic heterocycles. The van der Waals surface area contributed by atoms with Gasteiger partial charge in [0.1, 0.15) is 0 Å². The third-order valence-corrected chi connectivity index (χ3v) is 4.67. The normalized spacial score (nSPS) is 17.4. The zero-order valence-corrected chi connectivity index (χ0v) is 16.8. The number of nitrogens with one attached hydrogen (secondary N) is 1. The van der Waals surface area contributed by atoms with Gasteiger partial charge in [0.15, 0.2) is 5.96 Å². The third-order valence-electron chi connectivity index (χ3n) is 4.14. The second kappa shape index (κ2) is 9.77. The number of halogens is 1. The van der Waals surface area contributed by atoms with Crippen LogP contribution in [0, 0.1) is 5.92 Å². The SMILES string of the molecule is CN(C)C(=O)CNC(=NCc1ccc(Br)cc1)N(C)CC1CCOC1. The number of carbonyl (C=O) groups excluding carboxylic acids is 1. The van der Waals surface area contributed by atoms with Crippen molar-refractivity contribution >= 4 is 27.8 Å². The number of rotatable bonds is 6. The predicted octanol–water partition coefficient (Wildman–Crippen LogP) is 1.95. The molecule has 0 aliphatic carbocycles. The molecule has 0 saturated carbocycles. The molecule has 1 amide bonds. The molecule has 1 aromatic rings. The molecule has 0 bridgehead atoms. The highest BCUT2D eigenvalue weighted by Gasteiger charge is 2.19. The maximum absolute atomic E-state index is 11.9. The van der Waals surface area contributed by atoms with Crippen molar-refractivity contribution in [1.82, 2.24) is 15.1 Å². The van der Waals surface area contributed by atoms with Crippen LogP contribution < -0.4 is 5.32 Å². The molecule has 0 spiro atoms. The average Bonchev–Trinajstić information content (AvgIpc) is 3.08. The van der Waals surface area contributed by atoms with Crippen molar-refractivity contribution in [3.63, 3.8) is 0 Å². The van der Waals surface area contributed by atoms with Crippen LogP contribution >= 0.6 is 15.9 Å². The van der Waals surface area contributed by atoms with Gasteiger partial charge in [-0.3, -0.25) is 4.79 Å². The van der Waals surface area contributed by atoms with E-state index in [0.717, 1.165) is 42.2 Å². The molecule has 7 heteroatoms. The van der Waals surface area contributed by atoms with Crippen LogP contribution in [0.4, 0.5) is 0 Å². The lowest BCUT2D eigenvalue weighted by Gasteiger charge is -2.25. The molecule has 1 unspecified atom stereocenters. The Balaban J connectivity index is 2.02. The maximum atomic E-state index is 11.9. The van der Waals surface area contributed by atoms with E-state index in [1.165, 1.54) is 0 Å².